The number of piperidine rings is 1. The minimum absolute atomic E-state index is 0.105. The van der Waals surface area contributed by atoms with Crippen LogP contribution in [-0.2, 0) is 9.59 Å². The van der Waals surface area contributed by atoms with Gasteiger partial charge in [-0.3, -0.25) is 19.2 Å². The molecule has 4 rings (SSSR count). The lowest BCUT2D eigenvalue weighted by molar-refractivity contribution is -0.145. The maximum absolute atomic E-state index is 13.5. The van der Waals surface area contributed by atoms with E-state index in [2.05, 4.69) is 10.6 Å². The van der Waals surface area contributed by atoms with Crippen molar-refractivity contribution in [2.75, 3.05) is 25.9 Å². The number of nitrogens with one attached hydrogen (secondary N) is 2. The number of thioether (sulfide) groups is 1. The number of benzene rings is 1. The lowest BCUT2D eigenvalue weighted by atomic mass is 9.63. The number of rotatable bonds is 6. The van der Waals surface area contributed by atoms with Crippen molar-refractivity contribution in [3.63, 3.8) is 0 Å². The Balaban J connectivity index is 1.39. The fourth-order valence-electron chi connectivity index (χ4n) is 5.83. The Bertz CT molecular complexity index is 1250. The molecule has 0 unspecified atom stereocenters. The summed E-state index contributed by atoms with van der Waals surface area (Å²) in [4.78, 5) is 54.4. The van der Waals surface area contributed by atoms with Gasteiger partial charge in [0.25, 0.3) is 5.91 Å². The van der Waals surface area contributed by atoms with Crippen LogP contribution in [0.1, 0.15) is 76.3 Å². The Hall–Kier alpha value is -2.81. The van der Waals surface area contributed by atoms with Crippen molar-refractivity contribution in [1.29, 1.82) is 0 Å². The van der Waals surface area contributed by atoms with Gasteiger partial charge in [-0.05, 0) is 76.8 Å². The molecule has 38 heavy (non-hydrogen) atoms. The van der Waals surface area contributed by atoms with Crippen molar-refractivity contribution in [1.82, 2.24) is 15.5 Å². The normalized spacial score (nSPS) is 18.3. The summed E-state index contributed by atoms with van der Waals surface area (Å²) in [6.07, 6.45) is 8.78. The molecule has 1 aliphatic carbocycles. The van der Waals surface area contributed by atoms with Crippen LogP contribution >= 0.6 is 11.8 Å². The van der Waals surface area contributed by atoms with E-state index in [0.717, 1.165) is 30.6 Å². The number of carbonyl (C=O) groups excluding carboxylic acids is 3. The predicted molar refractivity (Wildman–Crippen MR) is 149 cm³/mol. The number of carbonyl (C=O) groups is 3. The molecule has 0 spiro atoms. The molecule has 2 aromatic rings. The predicted octanol–water partition coefficient (Wildman–Crippen LogP) is 4.35. The second-order valence-corrected chi connectivity index (χ2v) is 12.5. The molecule has 8 nitrogen and oxygen atoms in total. The van der Waals surface area contributed by atoms with Crippen LogP contribution < -0.4 is 16.1 Å². The lowest BCUT2D eigenvalue weighted by Crippen LogP contribution is -2.57. The minimum Gasteiger partial charge on any atom is -0.451 e. The van der Waals surface area contributed by atoms with Crippen LogP contribution in [0.5, 0.6) is 0 Å². The van der Waals surface area contributed by atoms with Gasteiger partial charge >= 0.3 is 0 Å². The molecule has 1 aromatic carbocycles. The van der Waals surface area contributed by atoms with E-state index in [9.17, 15) is 19.2 Å². The van der Waals surface area contributed by atoms with Gasteiger partial charge in [-0.15, -0.1) is 11.8 Å². The van der Waals surface area contributed by atoms with Crippen molar-refractivity contribution < 1.29 is 18.8 Å². The largest absolute Gasteiger partial charge is 0.451 e. The van der Waals surface area contributed by atoms with E-state index in [-0.39, 0.29) is 35.1 Å². The molecule has 1 aliphatic heterocycles. The first-order chi connectivity index (χ1) is 18.0. The molecule has 2 aliphatic rings. The molecule has 0 bridgehead atoms. The third-order valence-electron chi connectivity index (χ3n) is 7.89. The Morgan fingerprint density at radius 2 is 1.76 bits per heavy atom. The van der Waals surface area contributed by atoms with Crippen molar-refractivity contribution in [2.24, 2.45) is 11.3 Å². The molecule has 3 amide bonds. The zero-order chi connectivity index (χ0) is 27.5. The highest BCUT2D eigenvalue weighted by Crippen LogP contribution is 2.46. The van der Waals surface area contributed by atoms with Crippen LogP contribution in [0.25, 0.3) is 11.0 Å². The first-order valence-electron chi connectivity index (χ1n) is 13.5. The van der Waals surface area contributed by atoms with E-state index in [0.29, 0.717) is 42.8 Å². The summed E-state index contributed by atoms with van der Waals surface area (Å²) >= 11 is 1.51. The van der Waals surface area contributed by atoms with Crippen molar-refractivity contribution >= 4 is 40.5 Å². The number of nitrogens with zero attached hydrogens (tertiary/aromatic N) is 1. The Labute approximate surface area is 228 Å². The monoisotopic (exact) mass is 541 g/mol. The van der Waals surface area contributed by atoms with E-state index in [1.807, 2.05) is 33.1 Å². The van der Waals surface area contributed by atoms with E-state index in [4.69, 9.17) is 4.42 Å². The molecule has 2 heterocycles. The highest BCUT2D eigenvalue weighted by molar-refractivity contribution is 7.98. The van der Waals surface area contributed by atoms with Gasteiger partial charge in [-0.2, -0.15) is 0 Å². The van der Waals surface area contributed by atoms with Crippen molar-refractivity contribution in [3.8, 4) is 0 Å². The Morgan fingerprint density at radius 3 is 2.39 bits per heavy atom. The zero-order valence-corrected chi connectivity index (χ0v) is 23.7. The quantitative estimate of drug-likeness (QED) is 0.527. The molecule has 9 heteroatoms. The molecule has 0 radical (unpaired) electrons. The molecule has 1 saturated carbocycles. The fraction of sp³-hybridized carbons (Fsp3) is 0.586. The summed E-state index contributed by atoms with van der Waals surface area (Å²) in [7, 11) is 0. The van der Waals surface area contributed by atoms with Crippen LogP contribution in [0.4, 0.5) is 0 Å². The van der Waals surface area contributed by atoms with E-state index in [1.165, 1.54) is 24.2 Å². The zero-order valence-electron chi connectivity index (χ0n) is 22.9. The van der Waals surface area contributed by atoms with Gasteiger partial charge in [-0.25, -0.2) is 0 Å². The van der Waals surface area contributed by atoms with Gasteiger partial charge in [-0.1, -0.05) is 19.3 Å². The number of hydrogen-bond donors (Lipinski definition) is 2. The number of amides is 3. The molecule has 0 atom stereocenters. The fourth-order valence-corrected chi connectivity index (χ4v) is 6.26. The smallest absolute Gasteiger partial charge is 0.287 e. The maximum atomic E-state index is 13.5. The van der Waals surface area contributed by atoms with E-state index >= 15 is 0 Å². The number of fused-ring (bicyclic) bond motifs is 1. The summed E-state index contributed by atoms with van der Waals surface area (Å²) in [5.74, 6) is -0.503. The van der Waals surface area contributed by atoms with Gasteiger partial charge in [0.05, 0.1) is 17.3 Å². The molecule has 1 aromatic heterocycles. The number of hydrogen-bond acceptors (Lipinski definition) is 6. The third kappa shape index (κ3) is 6.25. The summed E-state index contributed by atoms with van der Waals surface area (Å²) in [5.41, 5.74) is -0.749. The van der Waals surface area contributed by atoms with Gasteiger partial charge in [0.2, 0.25) is 11.8 Å². The summed E-state index contributed by atoms with van der Waals surface area (Å²) in [6, 6.07) is 6.40. The van der Waals surface area contributed by atoms with Gasteiger partial charge < -0.3 is 20.0 Å². The number of likely N-dealkylation sites (tertiary alicyclic amines) is 1. The third-order valence-corrected chi connectivity index (χ3v) is 8.62. The molecular weight excluding hydrogens is 502 g/mol. The first-order valence-corrected chi connectivity index (χ1v) is 14.8. The Morgan fingerprint density at radius 1 is 1.08 bits per heavy atom. The SMILES string of the molecule is CSc1ccc2oc(C(=O)NCC(=O)N3CCC(C(=O)NC(C)(C)C)(C4CCCCC4)CC3)cc(=O)c2c1. The van der Waals surface area contributed by atoms with Crippen LogP contribution in [0.3, 0.4) is 0 Å². The topological polar surface area (TPSA) is 109 Å². The minimum atomic E-state index is -0.607. The lowest BCUT2D eigenvalue weighted by Gasteiger charge is -2.47. The highest BCUT2D eigenvalue weighted by Gasteiger charge is 2.48. The van der Waals surface area contributed by atoms with Crippen molar-refractivity contribution in [2.45, 2.75) is 76.2 Å². The average Bonchev–Trinajstić information content (AvgIpc) is 2.90. The van der Waals surface area contributed by atoms with Crippen LogP contribution in [-0.4, -0.2) is 54.1 Å². The molecule has 1 saturated heterocycles. The average molecular weight is 542 g/mol. The second-order valence-electron chi connectivity index (χ2n) is 11.6. The highest BCUT2D eigenvalue weighted by atomic mass is 32.2. The molecular formula is C29H39N3O5S. The van der Waals surface area contributed by atoms with Crippen LogP contribution in [0, 0.1) is 11.3 Å². The standard InChI is InChI=1S/C29H39N3O5S/c1-28(2,3)31-27(36)29(19-8-6-5-7-9-19)12-14-32(15-13-29)25(34)18-30-26(35)24-17-22(33)21-16-20(38-4)10-11-23(21)37-24/h10-11,16-17,19H,5-9,12-15,18H2,1-4H3,(H,30,35)(H,31,36). The van der Waals surface area contributed by atoms with Gasteiger partial charge in [0.15, 0.2) is 11.2 Å². The van der Waals surface area contributed by atoms with Gasteiger partial charge in [0.1, 0.15) is 5.58 Å². The van der Waals surface area contributed by atoms with Crippen LogP contribution in [0.15, 0.2) is 38.4 Å². The molecule has 2 fully saturated rings. The summed E-state index contributed by atoms with van der Waals surface area (Å²) < 4.78 is 5.65. The van der Waals surface area contributed by atoms with E-state index < -0.39 is 11.3 Å². The van der Waals surface area contributed by atoms with Crippen LogP contribution in [0.2, 0.25) is 0 Å². The van der Waals surface area contributed by atoms with E-state index in [1.54, 1.807) is 17.0 Å². The second kappa shape index (κ2) is 11.5. The Kier molecular flexibility index (Phi) is 8.55. The maximum Gasteiger partial charge on any atom is 0.287 e. The molecule has 2 N–H and O–H groups in total. The summed E-state index contributed by atoms with van der Waals surface area (Å²) in [6.45, 7) is 6.76. The first kappa shape index (κ1) is 28.2. The van der Waals surface area contributed by atoms with Crippen molar-refractivity contribution in [3.05, 3.63) is 40.2 Å². The van der Waals surface area contributed by atoms with Gasteiger partial charge in [0, 0.05) is 29.6 Å². The molecule has 206 valence electrons. The summed E-state index contributed by atoms with van der Waals surface area (Å²) in [5, 5.41) is 6.23.